The van der Waals surface area contributed by atoms with Gasteiger partial charge in [-0.2, -0.15) is 0 Å². The molecule has 1 aromatic carbocycles. The number of hydrogen-bond acceptors (Lipinski definition) is 3. The summed E-state index contributed by atoms with van der Waals surface area (Å²) in [7, 11) is 0. The third kappa shape index (κ3) is 4.79. The lowest BCUT2D eigenvalue weighted by molar-refractivity contribution is -0.134. The lowest BCUT2D eigenvalue weighted by atomic mass is 9.95. The molecule has 126 valence electrons. The van der Waals surface area contributed by atoms with E-state index in [2.05, 4.69) is 31.3 Å². The van der Waals surface area contributed by atoms with E-state index in [0.717, 1.165) is 0 Å². The minimum absolute atomic E-state index is 0.0836. The largest absolute Gasteiger partial charge is 0.369 e. The number of nitrogens with one attached hydrogen (secondary N) is 1. The van der Waals surface area contributed by atoms with Crippen molar-refractivity contribution < 1.29 is 9.59 Å². The van der Waals surface area contributed by atoms with Crippen LogP contribution in [-0.2, 0) is 9.59 Å². The Kier molecular flexibility index (Phi) is 6.16. The first kappa shape index (κ1) is 17.5. The Morgan fingerprint density at radius 2 is 1.83 bits per heavy atom. The van der Waals surface area contributed by atoms with Gasteiger partial charge in [-0.25, -0.2) is 0 Å². The maximum Gasteiger partial charge on any atom is 0.236 e. The maximum absolute atomic E-state index is 12.4. The molecule has 0 spiro atoms. The highest BCUT2D eigenvalue weighted by atomic mass is 16.2. The van der Waals surface area contributed by atoms with E-state index < -0.39 is 0 Å². The van der Waals surface area contributed by atoms with Gasteiger partial charge in [0.2, 0.25) is 11.8 Å². The quantitative estimate of drug-likeness (QED) is 0.838. The van der Waals surface area contributed by atoms with E-state index in [-0.39, 0.29) is 23.8 Å². The van der Waals surface area contributed by atoms with Crippen LogP contribution in [0.15, 0.2) is 30.3 Å². The van der Waals surface area contributed by atoms with Crippen molar-refractivity contribution in [2.45, 2.75) is 32.7 Å². The predicted octanol–water partition coefficient (Wildman–Crippen LogP) is 1.70. The van der Waals surface area contributed by atoms with Crippen LogP contribution in [0.3, 0.4) is 0 Å². The molecule has 0 saturated carbocycles. The first-order valence-electron chi connectivity index (χ1n) is 8.34. The van der Waals surface area contributed by atoms with E-state index in [9.17, 15) is 9.59 Å². The van der Waals surface area contributed by atoms with E-state index >= 15 is 0 Å². The summed E-state index contributed by atoms with van der Waals surface area (Å²) in [5, 5.41) is 3.38. The first-order valence-corrected chi connectivity index (χ1v) is 8.34. The SMILES string of the molecule is CC(C)C(NCC(=O)N1CCC(C(N)=O)CC1)c1ccccc1. The van der Waals surface area contributed by atoms with Crippen molar-refractivity contribution in [3.8, 4) is 0 Å². The fourth-order valence-electron chi connectivity index (χ4n) is 3.12. The smallest absolute Gasteiger partial charge is 0.236 e. The number of rotatable bonds is 6. The molecule has 1 saturated heterocycles. The molecule has 2 rings (SSSR count). The average Bonchev–Trinajstić information content (AvgIpc) is 2.55. The Hall–Kier alpha value is -1.88. The highest BCUT2D eigenvalue weighted by molar-refractivity contribution is 5.80. The van der Waals surface area contributed by atoms with Crippen LogP contribution in [0.2, 0.25) is 0 Å². The van der Waals surface area contributed by atoms with Crippen molar-refractivity contribution in [1.29, 1.82) is 0 Å². The van der Waals surface area contributed by atoms with Gasteiger partial charge in [-0.3, -0.25) is 9.59 Å². The van der Waals surface area contributed by atoms with Crippen LogP contribution in [0, 0.1) is 11.8 Å². The summed E-state index contributed by atoms with van der Waals surface area (Å²) in [6.07, 6.45) is 1.35. The van der Waals surface area contributed by atoms with Crippen molar-refractivity contribution in [3.05, 3.63) is 35.9 Å². The number of carbonyl (C=O) groups is 2. The van der Waals surface area contributed by atoms with E-state index in [1.165, 1.54) is 5.56 Å². The second kappa shape index (κ2) is 8.11. The van der Waals surface area contributed by atoms with Crippen LogP contribution in [0.1, 0.15) is 38.3 Å². The molecule has 0 radical (unpaired) electrons. The Labute approximate surface area is 138 Å². The fourth-order valence-corrected chi connectivity index (χ4v) is 3.12. The number of amides is 2. The Balaban J connectivity index is 1.87. The number of nitrogens with zero attached hydrogens (tertiary/aromatic N) is 1. The Bertz CT molecular complexity index is 522. The van der Waals surface area contributed by atoms with Crippen molar-refractivity contribution in [2.24, 2.45) is 17.6 Å². The lowest BCUT2D eigenvalue weighted by Crippen LogP contribution is -2.45. The fraction of sp³-hybridized carbons (Fsp3) is 0.556. The molecule has 1 atom stereocenters. The van der Waals surface area contributed by atoms with Crippen molar-refractivity contribution in [2.75, 3.05) is 19.6 Å². The summed E-state index contributed by atoms with van der Waals surface area (Å²) in [6.45, 7) is 5.84. The molecule has 1 fully saturated rings. The third-order valence-corrected chi connectivity index (χ3v) is 4.55. The van der Waals surface area contributed by atoms with E-state index in [1.54, 1.807) is 0 Å². The third-order valence-electron chi connectivity index (χ3n) is 4.55. The molecule has 5 nitrogen and oxygen atoms in total. The molecule has 0 bridgehead atoms. The number of primary amides is 1. The Morgan fingerprint density at radius 3 is 2.35 bits per heavy atom. The summed E-state index contributed by atoms with van der Waals surface area (Å²) in [5.74, 6) is 0.152. The molecule has 1 aromatic rings. The van der Waals surface area contributed by atoms with Gasteiger partial charge in [0.25, 0.3) is 0 Å². The molecular formula is C18H27N3O2. The molecular weight excluding hydrogens is 290 g/mol. The number of piperidine rings is 1. The summed E-state index contributed by atoms with van der Waals surface area (Å²) in [5.41, 5.74) is 6.53. The second-order valence-electron chi connectivity index (χ2n) is 6.57. The van der Waals surface area contributed by atoms with Crippen LogP contribution < -0.4 is 11.1 Å². The summed E-state index contributed by atoms with van der Waals surface area (Å²) in [4.78, 5) is 25.4. The highest BCUT2D eigenvalue weighted by Gasteiger charge is 2.26. The molecule has 1 aliphatic rings. The standard InChI is InChI=1S/C18H27N3O2/c1-13(2)17(14-6-4-3-5-7-14)20-12-16(22)21-10-8-15(9-11-21)18(19)23/h3-7,13,15,17,20H,8-12H2,1-2H3,(H2,19,23). The van der Waals surface area contributed by atoms with Gasteiger partial charge >= 0.3 is 0 Å². The van der Waals surface area contributed by atoms with Crippen molar-refractivity contribution in [1.82, 2.24) is 10.2 Å². The van der Waals surface area contributed by atoms with Crippen molar-refractivity contribution in [3.63, 3.8) is 0 Å². The monoisotopic (exact) mass is 317 g/mol. The topological polar surface area (TPSA) is 75.4 Å². The van der Waals surface area contributed by atoms with Gasteiger partial charge < -0.3 is 16.0 Å². The number of likely N-dealkylation sites (tertiary alicyclic amines) is 1. The summed E-state index contributed by atoms with van der Waals surface area (Å²) in [6, 6.07) is 10.4. The van der Waals surface area contributed by atoms with Crippen LogP contribution in [0.5, 0.6) is 0 Å². The lowest BCUT2D eigenvalue weighted by Gasteiger charge is -2.31. The minimum Gasteiger partial charge on any atom is -0.369 e. The molecule has 0 aliphatic carbocycles. The molecule has 2 amide bonds. The normalized spacial score (nSPS) is 17.3. The molecule has 1 aliphatic heterocycles. The zero-order valence-electron chi connectivity index (χ0n) is 14.0. The minimum atomic E-state index is -0.251. The average molecular weight is 317 g/mol. The summed E-state index contributed by atoms with van der Waals surface area (Å²) < 4.78 is 0. The van der Waals surface area contributed by atoms with Crippen LogP contribution in [0.25, 0.3) is 0 Å². The zero-order valence-corrected chi connectivity index (χ0v) is 14.0. The van der Waals surface area contributed by atoms with E-state index in [0.29, 0.717) is 38.4 Å². The van der Waals surface area contributed by atoms with E-state index in [4.69, 9.17) is 5.73 Å². The van der Waals surface area contributed by atoms with Gasteiger partial charge in [-0.15, -0.1) is 0 Å². The number of nitrogens with two attached hydrogens (primary N) is 1. The summed E-state index contributed by atoms with van der Waals surface area (Å²) >= 11 is 0. The van der Waals surface area contributed by atoms with Gasteiger partial charge in [0.1, 0.15) is 0 Å². The Morgan fingerprint density at radius 1 is 1.22 bits per heavy atom. The van der Waals surface area contributed by atoms with E-state index in [1.807, 2.05) is 23.1 Å². The maximum atomic E-state index is 12.4. The van der Waals surface area contributed by atoms with Crippen LogP contribution in [0.4, 0.5) is 0 Å². The van der Waals surface area contributed by atoms with Crippen molar-refractivity contribution >= 4 is 11.8 Å². The van der Waals surface area contributed by atoms with Crippen LogP contribution in [-0.4, -0.2) is 36.3 Å². The first-order chi connectivity index (χ1) is 11.0. The molecule has 23 heavy (non-hydrogen) atoms. The number of carbonyl (C=O) groups excluding carboxylic acids is 2. The van der Waals surface area contributed by atoms with Gasteiger partial charge in [0, 0.05) is 25.0 Å². The van der Waals surface area contributed by atoms with Gasteiger partial charge in [0.05, 0.1) is 6.54 Å². The number of hydrogen-bond donors (Lipinski definition) is 2. The zero-order chi connectivity index (χ0) is 16.8. The molecule has 0 aromatic heterocycles. The molecule has 1 unspecified atom stereocenters. The molecule has 3 N–H and O–H groups in total. The van der Waals surface area contributed by atoms with Gasteiger partial charge in [-0.1, -0.05) is 44.2 Å². The van der Waals surface area contributed by atoms with Gasteiger partial charge in [0.15, 0.2) is 0 Å². The molecule has 5 heteroatoms. The predicted molar refractivity (Wildman–Crippen MR) is 90.5 cm³/mol. The highest BCUT2D eigenvalue weighted by Crippen LogP contribution is 2.21. The molecule has 1 heterocycles. The van der Waals surface area contributed by atoms with Crippen LogP contribution >= 0.6 is 0 Å². The number of benzene rings is 1. The second-order valence-corrected chi connectivity index (χ2v) is 6.57. The van der Waals surface area contributed by atoms with Gasteiger partial charge in [-0.05, 0) is 24.3 Å².